The maximum Gasteiger partial charge on any atom is 0.343 e. The van der Waals surface area contributed by atoms with E-state index in [1.165, 1.54) is 14.2 Å². The van der Waals surface area contributed by atoms with E-state index in [0.717, 1.165) is 5.56 Å². The molecule has 1 rings (SSSR count). The molecule has 3 N–H and O–H groups in total. The largest absolute Gasteiger partial charge is 0.482 e. The van der Waals surface area contributed by atoms with Crippen LogP contribution in [0.3, 0.4) is 0 Å². The Morgan fingerprint density at radius 2 is 2.05 bits per heavy atom. The number of benzene rings is 1. The smallest absolute Gasteiger partial charge is 0.343 e. The van der Waals surface area contributed by atoms with Crippen molar-refractivity contribution in [3.63, 3.8) is 0 Å². The second-order valence-corrected chi connectivity index (χ2v) is 4.39. The summed E-state index contributed by atoms with van der Waals surface area (Å²) >= 11 is 0. The van der Waals surface area contributed by atoms with Crippen LogP contribution in [0.25, 0.3) is 0 Å². The zero-order valence-electron chi connectivity index (χ0n) is 12.3. The van der Waals surface area contributed by atoms with Gasteiger partial charge in [0, 0.05) is 12.8 Å². The van der Waals surface area contributed by atoms with Gasteiger partial charge in [-0.25, -0.2) is 4.79 Å². The van der Waals surface area contributed by atoms with Crippen molar-refractivity contribution in [2.45, 2.75) is 13.0 Å². The van der Waals surface area contributed by atoms with Crippen molar-refractivity contribution < 1.29 is 23.8 Å². The number of carbonyl (C=O) groups excluding carboxylic acids is 2. The molecule has 1 aromatic rings. The van der Waals surface area contributed by atoms with Gasteiger partial charge < -0.3 is 25.3 Å². The second kappa shape index (κ2) is 8.23. The van der Waals surface area contributed by atoms with Crippen LogP contribution in [-0.4, -0.2) is 45.4 Å². The molecular formula is C14H20N2O5. The van der Waals surface area contributed by atoms with Crippen LogP contribution in [-0.2, 0) is 19.1 Å². The van der Waals surface area contributed by atoms with Crippen LogP contribution in [0.4, 0.5) is 5.69 Å². The standard InChI is InChI=1S/C14H20N2O5/c1-9-6-10(21-8-13(17)20-3)4-5-12(9)16-14(18)11(15)7-19-2/h4-6,11H,7-8,15H2,1-3H3,(H,16,18). The van der Waals surface area contributed by atoms with Crippen LogP contribution in [0.5, 0.6) is 5.75 Å². The fourth-order valence-electron chi connectivity index (χ4n) is 1.55. The van der Waals surface area contributed by atoms with Crippen LogP contribution in [0.1, 0.15) is 5.56 Å². The minimum absolute atomic E-state index is 0.144. The van der Waals surface area contributed by atoms with E-state index in [2.05, 4.69) is 10.1 Å². The van der Waals surface area contributed by atoms with Gasteiger partial charge in [0.1, 0.15) is 11.8 Å². The summed E-state index contributed by atoms with van der Waals surface area (Å²) in [5.41, 5.74) is 7.05. The average Bonchev–Trinajstić information content (AvgIpc) is 2.47. The van der Waals surface area contributed by atoms with Gasteiger partial charge in [0.2, 0.25) is 5.91 Å². The molecule has 0 saturated heterocycles. The Bertz CT molecular complexity index is 504. The van der Waals surface area contributed by atoms with Gasteiger partial charge in [0.05, 0.1) is 13.7 Å². The number of hydrogen-bond acceptors (Lipinski definition) is 6. The lowest BCUT2D eigenvalue weighted by Gasteiger charge is -2.14. The molecular weight excluding hydrogens is 276 g/mol. The van der Waals surface area contributed by atoms with E-state index in [9.17, 15) is 9.59 Å². The number of nitrogens with one attached hydrogen (secondary N) is 1. The van der Waals surface area contributed by atoms with Crippen molar-refractivity contribution in [1.82, 2.24) is 0 Å². The van der Waals surface area contributed by atoms with E-state index in [-0.39, 0.29) is 19.1 Å². The van der Waals surface area contributed by atoms with E-state index in [1.54, 1.807) is 18.2 Å². The molecule has 116 valence electrons. The zero-order valence-corrected chi connectivity index (χ0v) is 12.3. The summed E-state index contributed by atoms with van der Waals surface area (Å²) in [6.45, 7) is 1.79. The second-order valence-electron chi connectivity index (χ2n) is 4.39. The van der Waals surface area contributed by atoms with Crippen molar-refractivity contribution in [2.24, 2.45) is 5.73 Å². The predicted molar refractivity (Wildman–Crippen MR) is 77.2 cm³/mol. The lowest BCUT2D eigenvalue weighted by Crippen LogP contribution is -2.39. The summed E-state index contributed by atoms with van der Waals surface area (Å²) in [5.74, 6) is -0.282. The zero-order chi connectivity index (χ0) is 15.8. The number of amides is 1. The first-order valence-electron chi connectivity index (χ1n) is 6.33. The first-order chi connectivity index (χ1) is 9.97. The Balaban J connectivity index is 2.65. The van der Waals surface area contributed by atoms with Crippen molar-refractivity contribution in [1.29, 1.82) is 0 Å². The van der Waals surface area contributed by atoms with E-state index in [4.69, 9.17) is 15.2 Å². The van der Waals surface area contributed by atoms with Crippen LogP contribution < -0.4 is 15.8 Å². The number of aryl methyl sites for hydroxylation is 1. The summed E-state index contributed by atoms with van der Waals surface area (Å²) in [6.07, 6.45) is 0. The molecule has 0 heterocycles. The fraction of sp³-hybridized carbons (Fsp3) is 0.429. The van der Waals surface area contributed by atoms with Crippen LogP contribution in [0.2, 0.25) is 0 Å². The summed E-state index contributed by atoms with van der Waals surface area (Å²) in [5, 5.41) is 2.71. The third-order valence-corrected chi connectivity index (χ3v) is 2.72. The molecule has 0 spiro atoms. The minimum atomic E-state index is -0.732. The highest BCUT2D eigenvalue weighted by Gasteiger charge is 2.14. The lowest BCUT2D eigenvalue weighted by molar-refractivity contribution is -0.142. The van der Waals surface area contributed by atoms with Crippen LogP contribution in [0, 0.1) is 6.92 Å². The first kappa shape index (κ1) is 16.9. The lowest BCUT2D eigenvalue weighted by atomic mass is 10.2. The number of nitrogens with two attached hydrogens (primary N) is 1. The van der Waals surface area contributed by atoms with Gasteiger partial charge in [-0.15, -0.1) is 0 Å². The quantitative estimate of drug-likeness (QED) is 0.709. The van der Waals surface area contributed by atoms with Gasteiger partial charge in [-0.3, -0.25) is 4.79 Å². The van der Waals surface area contributed by atoms with Crippen molar-refractivity contribution in [3.05, 3.63) is 23.8 Å². The highest BCUT2D eigenvalue weighted by Crippen LogP contribution is 2.21. The van der Waals surface area contributed by atoms with Crippen LogP contribution >= 0.6 is 0 Å². The van der Waals surface area contributed by atoms with Gasteiger partial charge in [0.15, 0.2) is 6.61 Å². The Hall–Kier alpha value is -2.12. The maximum atomic E-state index is 11.8. The van der Waals surface area contributed by atoms with Gasteiger partial charge >= 0.3 is 5.97 Å². The van der Waals surface area contributed by atoms with Crippen molar-refractivity contribution in [2.75, 3.05) is 32.8 Å². The molecule has 1 aromatic carbocycles. The molecule has 1 unspecified atom stereocenters. The van der Waals surface area contributed by atoms with E-state index >= 15 is 0 Å². The van der Waals surface area contributed by atoms with Crippen molar-refractivity contribution in [3.8, 4) is 5.75 Å². The Morgan fingerprint density at radius 1 is 1.33 bits per heavy atom. The molecule has 0 aliphatic heterocycles. The molecule has 1 amide bonds. The highest BCUT2D eigenvalue weighted by atomic mass is 16.6. The Morgan fingerprint density at radius 3 is 2.62 bits per heavy atom. The Kier molecular flexibility index (Phi) is 6.64. The third-order valence-electron chi connectivity index (χ3n) is 2.72. The SMILES string of the molecule is COCC(N)C(=O)Nc1ccc(OCC(=O)OC)cc1C. The third kappa shape index (κ3) is 5.41. The maximum absolute atomic E-state index is 11.8. The summed E-state index contributed by atoms with van der Waals surface area (Å²) in [7, 11) is 2.77. The molecule has 7 nitrogen and oxygen atoms in total. The topological polar surface area (TPSA) is 99.9 Å². The molecule has 0 aliphatic carbocycles. The number of carbonyl (C=O) groups is 2. The average molecular weight is 296 g/mol. The number of anilines is 1. The predicted octanol–water partition coefficient (Wildman–Crippen LogP) is 0.459. The molecule has 0 aromatic heterocycles. The molecule has 7 heteroatoms. The number of methoxy groups -OCH3 is 2. The molecule has 1 atom stereocenters. The number of ether oxygens (including phenoxy) is 3. The highest BCUT2D eigenvalue weighted by molar-refractivity contribution is 5.95. The number of hydrogen-bond donors (Lipinski definition) is 2. The molecule has 0 aliphatic rings. The molecule has 0 bridgehead atoms. The fourth-order valence-corrected chi connectivity index (χ4v) is 1.55. The molecule has 0 saturated carbocycles. The normalized spacial score (nSPS) is 11.6. The van der Waals surface area contributed by atoms with Gasteiger partial charge in [0.25, 0.3) is 0 Å². The van der Waals surface area contributed by atoms with E-state index in [1.807, 2.05) is 6.92 Å². The number of rotatable bonds is 7. The number of esters is 1. The molecule has 21 heavy (non-hydrogen) atoms. The van der Waals surface area contributed by atoms with Crippen LogP contribution in [0.15, 0.2) is 18.2 Å². The molecule has 0 fully saturated rings. The first-order valence-corrected chi connectivity index (χ1v) is 6.33. The molecule has 0 radical (unpaired) electrons. The minimum Gasteiger partial charge on any atom is -0.482 e. The van der Waals surface area contributed by atoms with E-state index < -0.39 is 12.0 Å². The van der Waals surface area contributed by atoms with Gasteiger partial charge in [-0.2, -0.15) is 0 Å². The Labute approximate surface area is 123 Å². The van der Waals surface area contributed by atoms with Gasteiger partial charge in [-0.05, 0) is 30.7 Å². The van der Waals surface area contributed by atoms with E-state index in [0.29, 0.717) is 11.4 Å². The van der Waals surface area contributed by atoms with Gasteiger partial charge in [-0.1, -0.05) is 0 Å². The van der Waals surface area contributed by atoms with Crippen molar-refractivity contribution >= 4 is 17.6 Å². The monoisotopic (exact) mass is 296 g/mol. The summed E-state index contributed by atoms with van der Waals surface area (Å²) < 4.78 is 14.6. The summed E-state index contributed by atoms with van der Waals surface area (Å²) in [4.78, 5) is 22.8. The summed E-state index contributed by atoms with van der Waals surface area (Å²) in [6, 6.07) is 4.30.